The number of nitrogens with one attached hydrogen (secondary N) is 1. The molecular formula is C15H18N2O. The Morgan fingerprint density at radius 3 is 2.22 bits per heavy atom. The molecule has 0 unspecified atom stereocenters. The highest BCUT2D eigenvalue weighted by Crippen LogP contribution is 2.16. The van der Waals surface area contributed by atoms with Gasteiger partial charge < -0.3 is 9.88 Å². The fraction of sp³-hybridized carbons (Fsp3) is 0.267. The van der Waals surface area contributed by atoms with E-state index in [1.165, 1.54) is 5.56 Å². The molecule has 1 amide bonds. The lowest BCUT2D eigenvalue weighted by Gasteiger charge is -2.06. The van der Waals surface area contributed by atoms with E-state index in [2.05, 4.69) is 5.32 Å². The number of hydrogen-bond acceptors (Lipinski definition) is 1. The molecule has 2 aromatic rings. The highest BCUT2D eigenvalue weighted by molar-refractivity contribution is 6.05. The zero-order valence-corrected chi connectivity index (χ0v) is 11.2. The highest BCUT2D eigenvalue weighted by atomic mass is 16.1. The van der Waals surface area contributed by atoms with Gasteiger partial charge in [-0.25, -0.2) is 0 Å². The van der Waals surface area contributed by atoms with Crippen molar-refractivity contribution in [3.05, 3.63) is 52.8 Å². The lowest BCUT2D eigenvalue weighted by atomic mass is 10.2. The van der Waals surface area contributed by atoms with Crippen molar-refractivity contribution in [2.75, 3.05) is 5.32 Å². The van der Waals surface area contributed by atoms with Crippen LogP contribution in [0.25, 0.3) is 0 Å². The first-order chi connectivity index (χ1) is 8.49. The van der Waals surface area contributed by atoms with E-state index in [1.54, 1.807) is 0 Å². The predicted octanol–water partition coefficient (Wildman–Crippen LogP) is 3.20. The Hall–Kier alpha value is -2.03. The van der Waals surface area contributed by atoms with Crippen molar-refractivity contribution in [2.45, 2.75) is 20.8 Å². The molecular weight excluding hydrogens is 224 g/mol. The molecule has 0 fully saturated rings. The van der Waals surface area contributed by atoms with Gasteiger partial charge in [0.2, 0.25) is 0 Å². The van der Waals surface area contributed by atoms with Crippen molar-refractivity contribution < 1.29 is 4.79 Å². The largest absolute Gasteiger partial charge is 0.351 e. The molecule has 3 heteroatoms. The van der Waals surface area contributed by atoms with Crippen LogP contribution in [0.1, 0.15) is 27.3 Å². The fourth-order valence-corrected chi connectivity index (χ4v) is 1.92. The Morgan fingerprint density at radius 1 is 1.11 bits per heavy atom. The van der Waals surface area contributed by atoms with Crippen LogP contribution in [-0.2, 0) is 7.05 Å². The van der Waals surface area contributed by atoms with Crippen LogP contribution in [0, 0.1) is 20.8 Å². The fourth-order valence-electron chi connectivity index (χ4n) is 1.92. The van der Waals surface area contributed by atoms with Gasteiger partial charge in [0.1, 0.15) is 0 Å². The maximum absolute atomic E-state index is 12.2. The molecule has 1 N–H and O–H groups in total. The maximum Gasteiger partial charge on any atom is 0.257 e. The van der Waals surface area contributed by atoms with Gasteiger partial charge in [0.05, 0.1) is 5.56 Å². The SMILES string of the molecule is Cc1ccc(NC(=O)c2cc(C)n(C)c2C)cc1. The first-order valence-electron chi connectivity index (χ1n) is 6.00. The van der Waals surface area contributed by atoms with Crippen LogP contribution >= 0.6 is 0 Å². The maximum atomic E-state index is 12.2. The summed E-state index contributed by atoms with van der Waals surface area (Å²) < 4.78 is 2.02. The quantitative estimate of drug-likeness (QED) is 0.862. The molecule has 0 aliphatic heterocycles. The van der Waals surface area contributed by atoms with Crippen molar-refractivity contribution in [1.82, 2.24) is 4.57 Å². The van der Waals surface area contributed by atoms with Gasteiger partial charge in [0.15, 0.2) is 0 Å². The van der Waals surface area contributed by atoms with E-state index in [4.69, 9.17) is 0 Å². The molecule has 0 aliphatic carbocycles. The van der Waals surface area contributed by atoms with Crippen molar-refractivity contribution in [3.63, 3.8) is 0 Å². The second-order valence-electron chi connectivity index (χ2n) is 4.66. The number of hydrogen-bond donors (Lipinski definition) is 1. The van der Waals surface area contributed by atoms with E-state index in [0.717, 1.165) is 22.6 Å². The van der Waals surface area contributed by atoms with Crippen LogP contribution in [0.3, 0.4) is 0 Å². The van der Waals surface area contributed by atoms with Gasteiger partial charge in [-0.15, -0.1) is 0 Å². The molecule has 0 aliphatic rings. The Morgan fingerprint density at radius 2 is 1.72 bits per heavy atom. The summed E-state index contributed by atoms with van der Waals surface area (Å²) >= 11 is 0. The van der Waals surface area contributed by atoms with Crippen molar-refractivity contribution in [3.8, 4) is 0 Å². The number of carbonyl (C=O) groups excluding carboxylic acids is 1. The minimum absolute atomic E-state index is 0.0555. The zero-order valence-electron chi connectivity index (χ0n) is 11.2. The summed E-state index contributed by atoms with van der Waals surface area (Å²) in [4.78, 5) is 12.2. The third kappa shape index (κ3) is 2.30. The van der Waals surface area contributed by atoms with Crippen LogP contribution in [0.2, 0.25) is 0 Å². The summed E-state index contributed by atoms with van der Waals surface area (Å²) in [5.74, 6) is -0.0555. The second kappa shape index (κ2) is 4.69. The average molecular weight is 242 g/mol. The molecule has 0 spiro atoms. The van der Waals surface area contributed by atoms with Crippen LogP contribution in [0.15, 0.2) is 30.3 Å². The summed E-state index contributed by atoms with van der Waals surface area (Å²) in [5.41, 5.74) is 4.81. The number of carbonyl (C=O) groups is 1. The molecule has 0 saturated heterocycles. The average Bonchev–Trinajstić information content (AvgIpc) is 2.60. The molecule has 0 bridgehead atoms. The number of anilines is 1. The van der Waals surface area contributed by atoms with Gasteiger partial charge in [-0.3, -0.25) is 4.79 Å². The van der Waals surface area contributed by atoms with E-state index in [-0.39, 0.29) is 5.91 Å². The van der Waals surface area contributed by atoms with Crippen molar-refractivity contribution in [1.29, 1.82) is 0 Å². The molecule has 1 aromatic carbocycles. The minimum Gasteiger partial charge on any atom is -0.351 e. The first kappa shape index (κ1) is 12.4. The van der Waals surface area contributed by atoms with E-state index >= 15 is 0 Å². The number of amides is 1. The monoisotopic (exact) mass is 242 g/mol. The third-order valence-corrected chi connectivity index (χ3v) is 3.33. The van der Waals surface area contributed by atoms with Crippen molar-refractivity contribution >= 4 is 11.6 Å². The van der Waals surface area contributed by atoms with E-state index in [0.29, 0.717) is 0 Å². The Bertz CT molecular complexity index is 579. The molecule has 3 nitrogen and oxygen atoms in total. The second-order valence-corrected chi connectivity index (χ2v) is 4.66. The Balaban J connectivity index is 2.22. The van der Waals surface area contributed by atoms with Crippen molar-refractivity contribution in [2.24, 2.45) is 7.05 Å². The lowest BCUT2D eigenvalue weighted by molar-refractivity contribution is 0.102. The molecule has 94 valence electrons. The standard InChI is InChI=1S/C15H18N2O/c1-10-5-7-13(8-6-10)16-15(18)14-9-11(2)17(4)12(14)3/h5-9H,1-4H3,(H,16,18). The smallest absolute Gasteiger partial charge is 0.257 e. The predicted molar refractivity (Wildman–Crippen MR) is 74.0 cm³/mol. The summed E-state index contributed by atoms with van der Waals surface area (Å²) in [6, 6.07) is 9.72. The summed E-state index contributed by atoms with van der Waals surface area (Å²) in [6.07, 6.45) is 0. The van der Waals surface area contributed by atoms with Crippen LogP contribution in [0.5, 0.6) is 0 Å². The number of aryl methyl sites for hydroxylation is 2. The van der Waals surface area contributed by atoms with Gasteiger partial charge in [-0.05, 0) is 39.0 Å². The molecule has 18 heavy (non-hydrogen) atoms. The van der Waals surface area contributed by atoms with Gasteiger partial charge in [0, 0.05) is 24.1 Å². The normalized spacial score (nSPS) is 10.4. The Kier molecular flexibility index (Phi) is 3.24. The minimum atomic E-state index is -0.0555. The molecule has 1 aromatic heterocycles. The zero-order chi connectivity index (χ0) is 13.3. The van der Waals surface area contributed by atoms with Crippen LogP contribution in [0.4, 0.5) is 5.69 Å². The first-order valence-corrected chi connectivity index (χ1v) is 6.00. The van der Waals surface area contributed by atoms with Crippen LogP contribution in [-0.4, -0.2) is 10.5 Å². The van der Waals surface area contributed by atoms with E-state index in [1.807, 2.05) is 62.7 Å². The Labute approximate surface area is 107 Å². The van der Waals surface area contributed by atoms with Gasteiger partial charge >= 0.3 is 0 Å². The molecule has 2 rings (SSSR count). The summed E-state index contributed by atoms with van der Waals surface area (Å²) in [7, 11) is 1.97. The number of aromatic nitrogens is 1. The topological polar surface area (TPSA) is 34.0 Å². The molecule has 0 atom stereocenters. The number of benzene rings is 1. The third-order valence-electron chi connectivity index (χ3n) is 3.33. The van der Waals surface area contributed by atoms with E-state index in [9.17, 15) is 4.79 Å². The summed E-state index contributed by atoms with van der Waals surface area (Å²) in [6.45, 7) is 5.98. The summed E-state index contributed by atoms with van der Waals surface area (Å²) in [5, 5.41) is 2.91. The molecule has 0 saturated carbocycles. The van der Waals surface area contributed by atoms with Gasteiger partial charge in [-0.2, -0.15) is 0 Å². The van der Waals surface area contributed by atoms with Gasteiger partial charge in [0.25, 0.3) is 5.91 Å². The lowest BCUT2D eigenvalue weighted by Crippen LogP contribution is -2.12. The van der Waals surface area contributed by atoms with E-state index < -0.39 is 0 Å². The number of nitrogens with zero attached hydrogens (tertiary/aromatic N) is 1. The van der Waals surface area contributed by atoms with Gasteiger partial charge in [-0.1, -0.05) is 17.7 Å². The molecule has 0 radical (unpaired) electrons. The van der Waals surface area contributed by atoms with Crippen LogP contribution < -0.4 is 5.32 Å². The highest BCUT2D eigenvalue weighted by Gasteiger charge is 2.13. The number of rotatable bonds is 2. The molecule has 1 heterocycles.